The molecule has 3 rings (SSSR count). The quantitative estimate of drug-likeness (QED) is 0.757. The lowest BCUT2D eigenvalue weighted by atomic mass is 10.0. The summed E-state index contributed by atoms with van der Waals surface area (Å²) in [5.41, 5.74) is 0. The van der Waals surface area contributed by atoms with Gasteiger partial charge in [0.1, 0.15) is 0 Å². The van der Waals surface area contributed by atoms with Gasteiger partial charge in [-0.2, -0.15) is 0 Å². The average molecular weight is 301 g/mol. The molecule has 2 unspecified atom stereocenters. The Hall–Kier alpha value is -0.170. The second kappa shape index (κ2) is 6.30. The number of likely N-dealkylation sites (tertiary alicyclic amines) is 1. The molecule has 0 spiro atoms. The summed E-state index contributed by atoms with van der Waals surface area (Å²) in [5, 5.41) is 3.42. The zero-order chi connectivity index (χ0) is 14.0. The number of hydrogen-bond acceptors (Lipinski definition) is 4. The Morgan fingerprint density at radius 2 is 2.00 bits per heavy atom. The molecule has 0 aromatic rings. The minimum absolute atomic E-state index is 0.139. The standard InChI is InChI=1S/C14H27N3O2S/c18-20(19,10-7-12-3-1-2-8-15-12)16-13-6-9-17(11-13)14-4-5-14/h12-16H,1-11H2. The SMILES string of the molecule is O=S(=O)(CCC1CCCCN1)NC1CCN(C2CC2)C1. The first-order chi connectivity index (χ1) is 9.62. The number of hydrogen-bond donors (Lipinski definition) is 2. The minimum Gasteiger partial charge on any atom is -0.314 e. The fourth-order valence-electron chi connectivity index (χ4n) is 3.44. The molecule has 3 fully saturated rings. The molecule has 116 valence electrons. The lowest BCUT2D eigenvalue weighted by molar-refractivity contribution is 0.322. The topological polar surface area (TPSA) is 61.4 Å². The Morgan fingerprint density at radius 1 is 1.15 bits per heavy atom. The molecule has 0 aromatic carbocycles. The normalized spacial score (nSPS) is 32.6. The first-order valence-corrected chi connectivity index (χ1v) is 9.75. The van der Waals surface area contributed by atoms with Crippen LogP contribution in [0.2, 0.25) is 0 Å². The van der Waals surface area contributed by atoms with Gasteiger partial charge >= 0.3 is 0 Å². The van der Waals surface area contributed by atoms with Crippen LogP contribution >= 0.6 is 0 Å². The van der Waals surface area contributed by atoms with Crippen LogP contribution in [0.5, 0.6) is 0 Å². The fraction of sp³-hybridized carbons (Fsp3) is 1.00. The molecule has 20 heavy (non-hydrogen) atoms. The maximum atomic E-state index is 12.2. The van der Waals surface area contributed by atoms with E-state index in [1.165, 1.54) is 25.7 Å². The molecule has 2 aliphatic heterocycles. The summed E-state index contributed by atoms with van der Waals surface area (Å²) < 4.78 is 27.2. The monoisotopic (exact) mass is 301 g/mol. The summed E-state index contributed by atoms with van der Waals surface area (Å²) in [6.07, 6.45) is 7.88. The van der Waals surface area contributed by atoms with E-state index in [1.807, 2.05) is 0 Å². The summed E-state index contributed by atoms with van der Waals surface area (Å²) in [4.78, 5) is 2.44. The van der Waals surface area contributed by atoms with Crippen molar-refractivity contribution in [2.75, 3.05) is 25.4 Å². The molecule has 0 amide bonds. The third-order valence-corrected chi connectivity index (χ3v) is 6.24. The molecular formula is C14H27N3O2S. The minimum atomic E-state index is -3.11. The van der Waals surface area contributed by atoms with Crippen LogP contribution in [-0.2, 0) is 10.0 Å². The molecule has 2 heterocycles. The molecule has 0 aromatic heterocycles. The van der Waals surface area contributed by atoms with Gasteiger partial charge < -0.3 is 5.32 Å². The predicted molar refractivity (Wildman–Crippen MR) is 80.2 cm³/mol. The van der Waals surface area contributed by atoms with Gasteiger partial charge in [0.05, 0.1) is 5.75 Å². The number of piperidine rings is 1. The number of nitrogens with zero attached hydrogens (tertiary/aromatic N) is 1. The Kier molecular flexibility index (Phi) is 4.65. The lowest BCUT2D eigenvalue weighted by Crippen LogP contribution is -2.41. The van der Waals surface area contributed by atoms with Crippen LogP contribution in [0.25, 0.3) is 0 Å². The molecule has 2 N–H and O–H groups in total. The zero-order valence-corrected chi connectivity index (χ0v) is 13.0. The Labute approximate surface area is 122 Å². The second-order valence-corrected chi connectivity index (χ2v) is 8.46. The largest absolute Gasteiger partial charge is 0.314 e. The van der Waals surface area contributed by atoms with Crippen molar-refractivity contribution in [1.82, 2.24) is 14.9 Å². The average Bonchev–Trinajstić information content (AvgIpc) is 3.19. The third-order valence-electron chi connectivity index (χ3n) is 4.78. The summed E-state index contributed by atoms with van der Waals surface area (Å²) in [5.74, 6) is 0.268. The van der Waals surface area contributed by atoms with Gasteiger partial charge in [-0.3, -0.25) is 4.90 Å². The molecular weight excluding hydrogens is 274 g/mol. The first kappa shape index (κ1) is 14.8. The van der Waals surface area contributed by atoms with Gasteiger partial charge in [-0.15, -0.1) is 0 Å². The van der Waals surface area contributed by atoms with Crippen LogP contribution in [0.4, 0.5) is 0 Å². The third kappa shape index (κ3) is 4.16. The van der Waals surface area contributed by atoms with Crippen molar-refractivity contribution in [2.45, 2.75) is 63.1 Å². The summed E-state index contributed by atoms with van der Waals surface area (Å²) >= 11 is 0. The summed E-state index contributed by atoms with van der Waals surface area (Å²) in [6, 6.07) is 1.28. The van der Waals surface area contributed by atoms with Crippen LogP contribution in [0.15, 0.2) is 0 Å². The van der Waals surface area contributed by atoms with Crippen molar-refractivity contribution in [2.24, 2.45) is 0 Å². The van der Waals surface area contributed by atoms with Crippen molar-refractivity contribution in [3.63, 3.8) is 0 Å². The highest BCUT2D eigenvalue weighted by molar-refractivity contribution is 7.89. The van der Waals surface area contributed by atoms with Crippen LogP contribution in [0, 0.1) is 0 Å². The van der Waals surface area contributed by atoms with Gasteiger partial charge in [0.2, 0.25) is 10.0 Å². The Balaban J connectivity index is 1.41. The second-order valence-electron chi connectivity index (χ2n) is 6.58. The van der Waals surface area contributed by atoms with Gasteiger partial charge in [0.15, 0.2) is 0 Å². The van der Waals surface area contributed by atoms with Gasteiger partial charge in [-0.05, 0) is 45.1 Å². The van der Waals surface area contributed by atoms with E-state index in [4.69, 9.17) is 0 Å². The molecule has 2 saturated heterocycles. The van der Waals surface area contributed by atoms with E-state index >= 15 is 0 Å². The smallest absolute Gasteiger partial charge is 0.211 e. The van der Waals surface area contributed by atoms with Crippen molar-refractivity contribution in [3.8, 4) is 0 Å². The van der Waals surface area contributed by atoms with E-state index in [0.717, 1.165) is 44.9 Å². The summed E-state index contributed by atoms with van der Waals surface area (Å²) in [7, 11) is -3.11. The lowest BCUT2D eigenvalue weighted by Gasteiger charge is -2.23. The maximum Gasteiger partial charge on any atom is 0.211 e. The van der Waals surface area contributed by atoms with Crippen LogP contribution < -0.4 is 10.0 Å². The molecule has 3 aliphatic rings. The molecule has 1 saturated carbocycles. The van der Waals surface area contributed by atoms with Crippen LogP contribution in [0.3, 0.4) is 0 Å². The van der Waals surface area contributed by atoms with E-state index < -0.39 is 10.0 Å². The molecule has 6 heteroatoms. The van der Waals surface area contributed by atoms with E-state index in [-0.39, 0.29) is 11.8 Å². The fourth-order valence-corrected chi connectivity index (χ4v) is 4.85. The van der Waals surface area contributed by atoms with Gasteiger partial charge in [-0.1, -0.05) is 6.42 Å². The van der Waals surface area contributed by atoms with E-state index in [1.54, 1.807) is 0 Å². The van der Waals surface area contributed by atoms with Gasteiger partial charge in [0.25, 0.3) is 0 Å². The zero-order valence-electron chi connectivity index (χ0n) is 12.2. The maximum absolute atomic E-state index is 12.2. The van der Waals surface area contributed by atoms with Gasteiger partial charge in [0, 0.05) is 31.2 Å². The molecule has 5 nitrogen and oxygen atoms in total. The predicted octanol–water partition coefficient (Wildman–Crippen LogP) is 0.675. The van der Waals surface area contributed by atoms with Crippen molar-refractivity contribution in [1.29, 1.82) is 0 Å². The molecule has 1 aliphatic carbocycles. The molecule has 0 radical (unpaired) electrons. The van der Waals surface area contributed by atoms with E-state index in [9.17, 15) is 8.42 Å². The highest BCUT2D eigenvalue weighted by Gasteiger charge is 2.35. The first-order valence-electron chi connectivity index (χ1n) is 8.10. The summed E-state index contributed by atoms with van der Waals surface area (Å²) in [6.45, 7) is 3.00. The Bertz CT molecular complexity index is 416. The Morgan fingerprint density at radius 3 is 2.70 bits per heavy atom. The van der Waals surface area contributed by atoms with Crippen molar-refractivity contribution in [3.05, 3.63) is 0 Å². The van der Waals surface area contributed by atoms with E-state index in [0.29, 0.717) is 6.04 Å². The number of sulfonamides is 1. The van der Waals surface area contributed by atoms with Crippen molar-refractivity contribution < 1.29 is 8.42 Å². The van der Waals surface area contributed by atoms with Crippen molar-refractivity contribution >= 4 is 10.0 Å². The van der Waals surface area contributed by atoms with Gasteiger partial charge in [-0.25, -0.2) is 13.1 Å². The van der Waals surface area contributed by atoms with Crippen LogP contribution in [0.1, 0.15) is 44.9 Å². The number of rotatable bonds is 6. The molecule has 2 atom stereocenters. The highest BCUT2D eigenvalue weighted by Crippen LogP contribution is 2.29. The molecule has 0 bridgehead atoms. The number of nitrogens with one attached hydrogen (secondary N) is 2. The van der Waals surface area contributed by atoms with Crippen LogP contribution in [-0.4, -0.2) is 56.8 Å². The highest BCUT2D eigenvalue weighted by atomic mass is 32.2. The van der Waals surface area contributed by atoms with E-state index in [2.05, 4.69) is 14.9 Å².